The highest BCUT2D eigenvalue weighted by atomic mass is 35.5. The molecule has 0 aliphatic carbocycles. The molecule has 1 aromatic carbocycles. The van der Waals surface area contributed by atoms with Crippen LogP contribution in [0.25, 0.3) is 5.69 Å². The first-order valence-corrected chi connectivity index (χ1v) is 9.93. The predicted molar refractivity (Wildman–Crippen MR) is 109 cm³/mol. The van der Waals surface area contributed by atoms with Crippen LogP contribution in [0.5, 0.6) is 5.88 Å². The van der Waals surface area contributed by atoms with Gasteiger partial charge >= 0.3 is 0 Å². The Morgan fingerprint density at radius 1 is 1.20 bits per heavy atom. The van der Waals surface area contributed by atoms with E-state index in [9.17, 15) is 4.79 Å². The third kappa shape index (κ3) is 4.11. The molecule has 1 fully saturated rings. The van der Waals surface area contributed by atoms with Gasteiger partial charge in [-0.2, -0.15) is 20.3 Å². The third-order valence-electron chi connectivity index (χ3n) is 5.07. The fourth-order valence-corrected chi connectivity index (χ4v) is 3.69. The zero-order valence-corrected chi connectivity index (χ0v) is 17.0. The molecule has 1 aliphatic heterocycles. The summed E-state index contributed by atoms with van der Waals surface area (Å²) in [5, 5.41) is 17.8. The number of nitriles is 1. The van der Waals surface area contributed by atoms with Gasteiger partial charge in [0.05, 0.1) is 41.8 Å². The van der Waals surface area contributed by atoms with Gasteiger partial charge in [-0.25, -0.2) is 4.98 Å². The number of likely N-dealkylation sites (tertiary alicyclic amines) is 1. The maximum Gasteiger partial charge on any atom is 0.256 e. The van der Waals surface area contributed by atoms with Crippen LogP contribution in [0.2, 0.25) is 5.02 Å². The molecule has 1 aliphatic rings. The molecule has 30 heavy (non-hydrogen) atoms. The molecule has 8 nitrogen and oxygen atoms in total. The van der Waals surface area contributed by atoms with Crippen molar-refractivity contribution in [2.75, 3.05) is 6.54 Å². The van der Waals surface area contributed by atoms with Crippen molar-refractivity contribution < 1.29 is 9.53 Å². The van der Waals surface area contributed by atoms with Crippen molar-refractivity contribution in [2.45, 2.75) is 31.9 Å². The van der Waals surface area contributed by atoms with Gasteiger partial charge in [-0.05, 0) is 44.0 Å². The maximum atomic E-state index is 13.5. The van der Waals surface area contributed by atoms with E-state index in [1.807, 2.05) is 6.92 Å². The minimum Gasteiger partial charge on any atom is -0.472 e. The van der Waals surface area contributed by atoms with Crippen LogP contribution in [-0.4, -0.2) is 49.5 Å². The molecule has 1 saturated heterocycles. The van der Waals surface area contributed by atoms with Crippen LogP contribution in [0.1, 0.15) is 35.7 Å². The number of amides is 1. The van der Waals surface area contributed by atoms with E-state index in [1.165, 1.54) is 11.0 Å². The van der Waals surface area contributed by atoms with Gasteiger partial charge in [-0.1, -0.05) is 11.6 Å². The first-order valence-electron chi connectivity index (χ1n) is 9.55. The third-order valence-corrected chi connectivity index (χ3v) is 5.31. The van der Waals surface area contributed by atoms with Crippen molar-refractivity contribution in [3.8, 4) is 17.6 Å². The molecule has 2 aromatic heterocycles. The van der Waals surface area contributed by atoms with Gasteiger partial charge < -0.3 is 9.64 Å². The average molecular weight is 423 g/mol. The normalized spacial score (nSPS) is 18.6. The number of aromatic nitrogens is 4. The molecular weight excluding hydrogens is 404 g/mol. The van der Waals surface area contributed by atoms with Crippen LogP contribution in [0.3, 0.4) is 0 Å². The van der Waals surface area contributed by atoms with E-state index in [0.29, 0.717) is 34.3 Å². The number of hydrogen-bond acceptors (Lipinski definition) is 6. The van der Waals surface area contributed by atoms with Crippen molar-refractivity contribution in [1.82, 2.24) is 24.9 Å². The van der Waals surface area contributed by atoms with E-state index in [0.717, 1.165) is 12.8 Å². The standard InChI is InChI=1S/C21H19ClN6O2/c1-14-2-4-17(30-20-10-15(12-23)6-7-24-20)13-27(14)21(29)18-11-16(22)3-5-19(18)28-25-8-9-26-28/h3,5-11,14,17H,2,4,13H2,1H3/t14-,17-/m1/s1. The number of ether oxygens (including phenoxy) is 1. The summed E-state index contributed by atoms with van der Waals surface area (Å²) in [6, 6.07) is 10.4. The van der Waals surface area contributed by atoms with Gasteiger partial charge in [-0.15, -0.1) is 0 Å². The number of halogens is 1. The second-order valence-electron chi connectivity index (χ2n) is 7.10. The van der Waals surface area contributed by atoms with Gasteiger partial charge in [0, 0.05) is 23.3 Å². The molecule has 0 bridgehead atoms. The molecule has 1 amide bonds. The first-order chi connectivity index (χ1) is 14.5. The molecule has 0 N–H and O–H groups in total. The number of piperidine rings is 1. The van der Waals surface area contributed by atoms with Crippen LogP contribution in [0, 0.1) is 11.3 Å². The van der Waals surface area contributed by atoms with Crippen molar-refractivity contribution in [3.63, 3.8) is 0 Å². The van der Waals surface area contributed by atoms with E-state index in [2.05, 4.69) is 21.3 Å². The smallest absolute Gasteiger partial charge is 0.256 e. The fourth-order valence-electron chi connectivity index (χ4n) is 3.52. The molecule has 3 aromatic rings. The van der Waals surface area contributed by atoms with Gasteiger partial charge in [0.25, 0.3) is 5.91 Å². The molecule has 0 saturated carbocycles. The Kier molecular flexibility index (Phi) is 5.63. The molecule has 0 unspecified atom stereocenters. The number of hydrogen-bond donors (Lipinski definition) is 0. The lowest BCUT2D eigenvalue weighted by Gasteiger charge is -2.38. The summed E-state index contributed by atoms with van der Waals surface area (Å²) in [6.07, 6.45) is 5.99. The Morgan fingerprint density at radius 2 is 2.00 bits per heavy atom. The predicted octanol–water partition coefficient (Wildman–Crippen LogP) is 3.26. The molecule has 0 radical (unpaired) electrons. The second kappa shape index (κ2) is 8.51. The Morgan fingerprint density at radius 3 is 2.77 bits per heavy atom. The Labute approximate surface area is 178 Å². The second-order valence-corrected chi connectivity index (χ2v) is 7.53. The number of nitrogens with zero attached hydrogens (tertiary/aromatic N) is 6. The van der Waals surface area contributed by atoms with Crippen molar-refractivity contribution >= 4 is 17.5 Å². The maximum absolute atomic E-state index is 13.5. The van der Waals surface area contributed by atoms with Crippen LogP contribution < -0.4 is 4.74 Å². The molecule has 9 heteroatoms. The summed E-state index contributed by atoms with van der Waals surface area (Å²) in [7, 11) is 0. The lowest BCUT2D eigenvalue weighted by atomic mass is 9.99. The highest BCUT2D eigenvalue weighted by Crippen LogP contribution is 2.26. The Balaban J connectivity index is 1.58. The van der Waals surface area contributed by atoms with Crippen LogP contribution in [0.4, 0.5) is 0 Å². The fraction of sp³-hybridized carbons (Fsp3) is 0.286. The zero-order chi connectivity index (χ0) is 21.1. The van der Waals surface area contributed by atoms with Gasteiger partial charge in [0.2, 0.25) is 5.88 Å². The molecular formula is C21H19ClN6O2. The van der Waals surface area contributed by atoms with Crippen molar-refractivity contribution in [1.29, 1.82) is 5.26 Å². The van der Waals surface area contributed by atoms with E-state index >= 15 is 0 Å². The van der Waals surface area contributed by atoms with Crippen molar-refractivity contribution in [3.05, 3.63) is 65.1 Å². The summed E-state index contributed by atoms with van der Waals surface area (Å²) in [6.45, 7) is 2.41. The van der Waals surface area contributed by atoms with Crippen LogP contribution >= 0.6 is 11.6 Å². The Hall–Kier alpha value is -3.44. The van der Waals surface area contributed by atoms with E-state index in [4.69, 9.17) is 21.6 Å². The summed E-state index contributed by atoms with van der Waals surface area (Å²) in [5.74, 6) is 0.217. The topological polar surface area (TPSA) is 96.9 Å². The zero-order valence-electron chi connectivity index (χ0n) is 16.3. The summed E-state index contributed by atoms with van der Waals surface area (Å²) >= 11 is 6.18. The Bertz CT molecular complexity index is 1100. The van der Waals surface area contributed by atoms with Gasteiger partial charge in [-0.3, -0.25) is 4.79 Å². The highest BCUT2D eigenvalue weighted by Gasteiger charge is 2.32. The minimum atomic E-state index is -0.225. The van der Waals surface area contributed by atoms with Crippen LogP contribution in [-0.2, 0) is 0 Å². The van der Waals surface area contributed by atoms with Crippen molar-refractivity contribution in [2.24, 2.45) is 0 Å². The first kappa shape index (κ1) is 19.9. The van der Waals surface area contributed by atoms with Crippen LogP contribution in [0.15, 0.2) is 48.9 Å². The number of pyridine rings is 1. The van der Waals surface area contributed by atoms with E-state index in [-0.39, 0.29) is 18.1 Å². The number of rotatable bonds is 4. The molecule has 4 rings (SSSR count). The van der Waals surface area contributed by atoms with Gasteiger partial charge in [0.15, 0.2) is 0 Å². The van der Waals surface area contributed by atoms with E-state index in [1.54, 1.807) is 47.6 Å². The molecule has 3 heterocycles. The summed E-state index contributed by atoms with van der Waals surface area (Å²) in [4.78, 5) is 20.8. The number of carbonyl (C=O) groups is 1. The lowest BCUT2D eigenvalue weighted by molar-refractivity contribution is 0.0372. The van der Waals surface area contributed by atoms with Gasteiger partial charge in [0.1, 0.15) is 6.10 Å². The lowest BCUT2D eigenvalue weighted by Crippen LogP contribution is -2.49. The average Bonchev–Trinajstić information content (AvgIpc) is 3.29. The molecule has 2 atom stereocenters. The SMILES string of the molecule is C[C@@H]1CC[C@@H](Oc2cc(C#N)ccn2)CN1C(=O)c1cc(Cl)ccc1-n1nccn1. The van der Waals surface area contributed by atoms with E-state index < -0.39 is 0 Å². The number of carbonyl (C=O) groups excluding carboxylic acids is 1. The number of benzene rings is 1. The quantitative estimate of drug-likeness (QED) is 0.640. The minimum absolute atomic E-state index is 0.0353. The largest absolute Gasteiger partial charge is 0.472 e. The summed E-state index contributed by atoms with van der Waals surface area (Å²) in [5.41, 5.74) is 1.47. The molecule has 152 valence electrons. The summed E-state index contributed by atoms with van der Waals surface area (Å²) < 4.78 is 5.98. The monoisotopic (exact) mass is 422 g/mol. The highest BCUT2D eigenvalue weighted by molar-refractivity contribution is 6.31. The molecule has 0 spiro atoms.